The highest BCUT2D eigenvalue weighted by molar-refractivity contribution is 5.91. The van der Waals surface area contributed by atoms with E-state index >= 15 is 0 Å². The molecule has 2 aromatic rings. The van der Waals surface area contributed by atoms with Crippen LogP contribution in [-0.2, 0) is 0 Å². The summed E-state index contributed by atoms with van der Waals surface area (Å²) in [6, 6.07) is 14.9. The van der Waals surface area contributed by atoms with E-state index in [0.717, 1.165) is 25.9 Å². The number of hydrogen-bond acceptors (Lipinski definition) is 3. The lowest BCUT2D eigenvalue weighted by molar-refractivity contribution is 0.0667. The summed E-state index contributed by atoms with van der Waals surface area (Å²) in [6.45, 7) is 6.05. The quantitative estimate of drug-likeness (QED) is 0.907. The molecule has 0 saturated carbocycles. The number of rotatable bonds is 5. The van der Waals surface area contributed by atoms with Gasteiger partial charge in [-0.25, -0.2) is 0 Å². The second kappa shape index (κ2) is 7.67. The van der Waals surface area contributed by atoms with Gasteiger partial charge in [0.1, 0.15) is 0 Å². The molecule has 0 radical (unpaired) electrons. The Kier molecular flexibility index (Phi) is 5.36. The Morgan fingerprint density at radius 3 is 2.42 bits per heavy atom. The van der Waals surface area contributed by atoms with Crippen LogP contribution in [0.15, 0.2) is 53.1 Å². The van der Waals surface area contributed by atoms with Crippen molar-refractivity contribution in [3.8, 4) is 0 Å². The summed E-state index contributed by atoms with van der Waals surface area (Å²) in [6.07, 6.45) is 3.50. The molecule has 4 nitrogen and oxygen atoms in total. The molecule has 2 heterocycles. The molecule has 0 aliphatic carbocycles. The van der Waals surface area contributed by atoms with E-state index in [1.807, 2.05) is 4.90 Å². The van der Waals surface area contributed by atoms with E-state index in [1.54, 1.807) is 18.4 Å². The van der Waals surface area contributed by atoms with Crippen LogP contribution in [0.5, 0.6) is 0 Å². The maximum atomic E-state index is 12.3. The molecule has 4 heteroatoms. The van der Waals surface area contributed by atoms with E-state index in [0.29, 0.717) is 23.8 Å². The summed E-state index contributed by atoms with van der Waals surface area (Å²) in [5.74, 6) is 0.961. The number of nitrogens with one attached hydrogen (secondary N) is 1. The standard InChI is InChI=1S/C20H26N2O2/c1-15(2)19(16-7-4-3-5-8-16)21-17-10-12-22(13-11-17)20(23)18-9-6-14-24-18/h3-9,14-15,17,19,21H,10-13H2,1-2H3. The first-order valence-corrected chi connectivity index (χ1v) is 8.79. The predicted molar refractivity (Wildman–Crippen MR) is 94.8 cm³/mol. The molecule has 1 amide bonds. The van der Waals surface area contributed by atoms with Crippen molar-refractivity contribution >= 4 is 5.91 Å². The molecule has 1 saturated heterocycles. The first-order valence-electron chi connectivity index (χ1n) is 8.79. The van der Waals surface area contributed by atoms with E-state index in [9.17, 15) is 4.79 Å². The maximum Gasteiger partial charge on any atom is 0.289 e. The summed E-state index contributed by atoms with van der Waals surface area (Å²) in [4.78, 5) is 14.2. The van der Waals surface area contributed by atoms with Crippen molar-refractivity contribution in [1.82, 2.24) is 10.2 Å². The molecule has 0 spiro atoms. The Hall–Kier alpha value is -2.07. The SMILES string of the molecule is CC(C)C(NC1CCN(C(=O)c2ccco2)CC1)c1ccccc1. The van der Waals surface area contributed by atoms with Crippen LogP contribution in [0.25, 0.3) is 0 Å². The largest absolute Gasteiger partial charge is 0.459 e. The monoisotopic (exact) mass is 326 g/mol. The van der Waals surface area contributed by atoms with Crippen LogP contribution in [0.2, 0.25) is 0 Å². The highest BCUT2D eigenvalue weighted by Crippen LogP contribution is 2.24. The number of furan rings is 1. The van der Waals surface area contributed by atoms with Crippen molar-refractivity contribution in [2.75, 3.05) is 13.1 Å². The zero-order valence-corrected chi connectivity index (χ0v) is 14.4. The van der Waals surface area contributed by atoms with Gasteiger partial charge in [-0.3, -0.25) is 4.79 Å². The topological polar surface area (TPSA) is 45.5 Å². The second-order valence-electron chi connectivity index (χ2n) is 6.84. The molecular weight excluding hydrogens is 300 g/mol. The van der Waals surface area contributed by atoms with Gasteiger partial charge < -0.3 is 14.6 Å². The minimum absolute atomic E-state index is 0.00178. The summed E-state index contributed by atoms with van der Waals surface area (Å²) in [7, 11) is 0. The summed E-state index contributed by atoms with van der Waals surface area (Å²) in [5, 5.41) is 3.80. The average molecular weight is 326 g/mol. The first kappa shape index (κ1) is 16.8. The predicted octanol–water partition coefficient (Wildman–Crippen LogP) is 3.87. The van der Waals surface area contributed by atoms with E-state index < -0.39 is 0 Å². The van der Waals surface area contributed by atoms with E-state index in [1.165, 1.54) is 5.56 Å². The van der Waals surface area contributed by atoms with Gasteiger partial charge in [-0.15, -0.1) is 0 Å². The molecule has 1 fully saturated rings. The van der Waals surface area contributed by atoms with Gasteiger partial charge in [0, 0.05) is 25.2 Å². The van der Waals surface area contributed by atoms with E-state index in [2.05, 4.69) is 49.5 Å². The summed E-state index contributed by atoms with van der Waals surface area (Å²) >= 11 is 0. The average Bonchev–Trinajstić information content (AvgIpc) is 3.15. The van der Waals surface area contributed by atoms with Gasteiger partial charge >= 0.3 is 0 Å². The molecule has 1 unspecified atom stereocenters. The van der Waals surface area contributed by atoms with Crippen molar-refractivity contribution in [3.63, 3.8) is 0 Å². The number of carbonyl (C=O) groups excluding carboxylic acids is 1. The van der Waals surface area contributed by atoms with Crippen LogP contribution in [0.1, 0.15) is 48.8 Å². The lowest BCUT2D eigenvalue weighted by atomic mass is 9.93. The number of nitrogens with zero attached hydrogens (tertiary/aromatic N) is 1. The second-order valence-corrected chi connectivity index (χ2v) is 6.84. The fraction of sp³-hybridized carbons (Fsp3) is 0.450. The third kappa shape index (κ3) is 3.88. The molecule has 128 valence electrons. The summed E-state index contributed by atoms with van der Waals surface area (Å²) < 4.78 is 5.22. The Balaban J connectivity index is 1.57. The molecular formula is C20H26N2O2. The Bertz CT molecular complexity index is 629. The number of carbonyl (C=O) groups is 1. The highest BCUT2D eigenvalue weighted by Gasteiger charge is 2.27. The fourth-order valence-corrected chi connectivity index (χ4v) is 3.39. The Labute approximate surface area is 143 Å². The molecule has 1 aliphatic heterocycles. The molecule has 1 aromatic carbocycles. The first-order chi connectivity index (χ1) is 11.6. The summed E-state index contributed by atoms with van der Waals surface area (Å²) in [5.41, 5.74) is 1.33. The lowest BCUT2D eigenvalue weighted by Gasteiger charge is -2.35. The molecule has 1 atom stereocenters. The van der Waals surface area contributed by atoms with Crippen LogP contribution in [0, 0.1) is 5.92 Å². The van der Waals surface area contributed by atoms with Gasteiger partial charge in [0.05, 0.1) is 6.26 Å². The number of benzene rings is 1. The zero-order chi connectivity index (χ0) is 16.9. The number of piperidine rings is 1. The normalized spacial score (nSPS) is 17.2. The molecule has 3 rings (SSSR count). The fourth-order valence-electron chi connectivity index (χ4n) is 3.39. The van der Waals surface area contributed by atoms with Crippen LogP contribution >= 0.6 is 0 Å². The van der Waals surface area contributed by atoms with Crippen molar-refractivity contribution in [2.45, 2.75) is 38.8 Å². The van der Waals surface area contributed by atoms with Gasteiger partial charge in [0.25, 0.3) is 5.91 Å². The van der Waals surface area contributed by atoms with Gasteiger partial charge in [-0.2, -0.15) is 0 Å². The van der Waals surface area contributed by atoms with Crippen LogP contribution in [0.3, 0.4) is 0 Å². The van der Waals surface area contributed by atoms with Gasteiger partial charge in [-0.1, -0.05) is 44.2 Å². The smallest absolute Gasteiger partial charge is 0.289 e. The Morgan fingerprint density at radius 2 is 1.83 bits per heavy atom. The minimum atomic E-state index is 0.00178. The van der Waals surface area contributed by atoms with E-state index in [-0.39, 0.29) is 5.91 Å². The van der Waals surface area contributed by atoms with Gasteiger partial charge in [-0.05, 0) is 36.5 Å². The van der Waals surface area contributed by atoms with Crippen molar-refractivity contribution in [2.24, 2.45) is 5.92 Å². The van der Waals surface area contributed by atoms with Crippen LogP contribution in [-0.4, -0.2) is 29.9 Å². The number of likely N-dealkylation sites (tertiary alicyclic amines) is 1. The Morgan fingerprint density at radius 1 is 1.12 bits per heavy atom. The zero-order valence-electron chi connectivity index (χ0n) is 14.4. The minimum Gasteiger partial charge on any atom is -0.459 e. The van der Waals surface area contributed by atoms with Crippen molar-refractivity contribution < 1.29 is 9.21 Å². The third-order valence-corrected chi connectivity index (χ3v) is 4.75. The van der Waals surface area contributed by atoms with Crippen molar-refractivity contribution in [3.05, 3.63) is 60.1 Å². The van der Waals surface area contributed by atoms with Crippen LogP contribution in [0.4, 0.5) is 0 Å². The third-order valence-electron chi connectivity index (χ3n) is 4.75. The highest BCUT2D eigenvalue weighted by atomic mass is 16.3. The van der Waals surface area contributed by atoms with Gasteiger partial charge in [0.2, 0.25) is 0 Å². The number of hydrogen-bond donors (Lipinski definition) is 1. The molecule has 1 N–H and O–H groups in total. The van der Waals surface area contributed by atoms with Crippen molar-refractivity contribution in [1.29, 1.82) is 0 Å². The van der Waals surface area contributed by atoms with Crippen LogP contribution < -0.4 is 5.32 Å². The maximum absolute atomic E-state index is 12.3. The number of amides is 1. The van der Waals surface area contributed by atoms with Gasteiger partial charge in [0.15, 0.2) is 5.76 Å². The lowest BCUT2D eigenvalue weighted by Crippen LogP contribution is -2.46. The molecule has 0 bridgehead atoms. The van der Waals surface area contributed by atoms with E-state index in [4.69, 9.17) is 4.42 Å². The molecule has 1 aromatic heterocycles. The molecule has 1 aliphatic rings. The molecule has 24 heavy (non-hydrogen) atoms.